The van der Waals surface area contributed by atoms with Gasteiger partial charge in [0, 0.05) is 18.8 Å². The van der Waals surface area contributed by atoms with Gasteiger partial charge in [-0.05, 0) is 30.9 Å². The highest BCUT2D eigenvalue weighted by Gasteiger charge is 2.19. The summed E-state index contributed by atoms with van der Waals surface area (Å²) >= 11 is 0. The Morgan fingerprint density at radius 1 is 1.63 bits per heavy atom. The zero-order valence-corrected chi connectivity index (χ0v) is 11.0. The van der Waals surface area contributed by atoms with Crippen LogP contribution in [0.15, 0.2) is 36.0 Å². The molecule has 1 aromatic heterocycles. The van der Waals surface area contributed by atoms with Crippen LogP contribution < -0.4 is 15.8 Å². The first-order valence-corrected chi connectivity index (χ1v) is 6.54. The van der Waals surface area contributed by atoms with Crippen molar-refractivity contribution < 1.29 is 4.74 Å². The van der Waals surface area contributed by atoms with E-state index in [0.717, 1.165) is 18.4 Å². The fourth-order valence-corrected chi connectivity index (χ4v) is 1.68. The first kappa shape index (κ1) is 13.4. The highest BCUT2D eigenvalue weighted by atomic mass is 16.5. The topological polar surface area (TPSA) is 72.5 Å². The van der Waals surface area contributed by atoms with E-state index in [9.17, 15) is 0 Å². The SMILES string of the molecule is C=CCNC(N)=NCc1ccnc(OC2CCC2)c1. The Balaban J connectivity index is 1.88. The van der Waals surface area contributed by atoms with Gasteiger partial charge in [-0.3, -0.25) is 0 Å². The number of nitrogens with zero attached hydrogens (tertiary/aromatic N) is 2. The maximum Gasteiger partial charge on any atom is 0.213 e. The minimum Gasteiger partial charge on any atom is -0.474 e. The van der Waals surface area contributed by atoms with Crippen LogP contribution in [-0.2, 0) is 6.54 Å². The van der Waals surface area contributed by atoms with Crippen molar-refractivity contribution in [2.45, 2.75) is 31.9 Å². The summed E-state index contributed by atoms with van der Waals surface area (Å²) in [6.07, 6.45) is 7.32. The summed E-state index contributed by atoms with van der Waals surface area (Å²) in [5.74, 6) is 1.09. The largest absolute Gasteiger partial charge is 0.474 e. The molecule has 1 aliphatic rings. The molecule has 0 saturated heterocycles. The van der Waals surface area contributed by atoms with Crippen LogP contribution in [0.1, 0.15) is 24.8 Å². The van der Waals surface area contributed by atoms with Crippen LogP contribution in [0.4, 0.5) is 0 Å². The number of aromatic nitrogens is 1. The fourth-order valence-electron chi connectivity index (χ4n) is 1.68. The van der Waals surface area contributed by atoms with E-state index in [4.69, 9.17) is 10.5 Å². The summed E-state index contributed by atoms with van der Waals surface area (Å²) in [4.78, 5) is 8.45. The van der Waals surface area contributed by atoms with Gasteiger partial charge in [-0.2, -0.15) is 0 Å². The molecule has 3 N–H and O–H groups in total. The molecule has 0 unspecified atom stereocenters. The van der Waals surface area contributed by atoms with Crippen LogP contribution in [-0.4, -0.2) is 23.6 Å². The van der Waals surface area contributed by atoms with Gasteiger partial charge in [-0.15, -0.1) is 6.58 Å². The van der Waals surface area contributed by atoms with Crippen molar-refractivity contribution in [3.05, 3.63) is 36.5 Å². The number of nitrogens with one attached hydrogen (secondary N) is 1. The number of hydrogen-bond donors (Lipinski definition) is 2. The van der Waals surface area contributed by atoms with Crippen molar-refractivity contribution in [3.63, 3.8) is 0 Å². The van der Waals surface area contributed by atoms with Crippen molar-refractivity contribution >= 4 is 5.96 Å². The van der Waals surface area contributed by atoms with Gasteiger partial charge in [0.25, 0.3) is 0 Å². The van der Waals surface area contributed by atoms with Crippen LogP contribution in [0.2, 0.25) is 0 Å². The Hall–Kier alpha value is -2.04. The monoisotopic (exact) mass is 260 g/mol. The number of pyridine rings is 1. The van der Waals surface area contributed by atoms with E-state index in [1.54, 1.807) is 12.3 Å². The molecule has 1 fully saturated rings. The summed E-state index contributed by atoms with van der Waals surface area (Å²) in [5, 5.41) is 2.93. The van der Waals surface area contributed by atoms with Crippen LogP contribution >= 0.6 is 0 Å². The molecule has 0 atom stereocenters. The van der Waals surface area contributed by atoms with Gasteiger partial charge in [0.2, 0.25) is 5.88 Å². The summed E-state index contributed by atoms with van der Waals surface area (Å²) in [5.41, 5.74) is 6.74. The minimum absolute atomic E-state index is 0.338. The Bertz CT molecular complexity index is 455. The van der Waals surface area contributed by atoms with Gasteiger partial charge >= 0.3 is 0 Å². The standard InChI is InChI=1S/C14H20N4O/c1-2-7-17-14(15)18-10-11-6-8-16-13(9-11)19-12-4-3-5-12/h2,6,8-9,12H,1,3-5,7,10H2,(H3,15,17,18). The third-order valence-corrected chi connectivity index (χ3v) is 3.00. The molecule has 1 aromatic rings. The zero-order valence-electron chi connectivity index (χ0n) is 11.0. The van der Waals surface area contributed by atoms with E-state index in [1.807, 2.05) is 12.1 Å². The highest BCUT2D eigenvalue weighted by molar-refractivity contribution is 5.77. The molecule has 0 spiro atoms. The maximum absolute atomic E-state index is 5.74. The summed E-state index contributed by atoms with van der Waals surface area (Å²) in [7, 11) is 0. The molecule has 0 bridgehead atoms. The molecule has 102 valence electrons. The molecule has 1 saturated carbocycles. The molecule has 5 nitrogen and oxygen atoms in total. The second-order valence-electron chi connectivity index (χ2n) is 4.54. The smallest absolute Gasteiger partial charge is 0.213 e. The molecule has 2 rings (SSSR count). The van der Waals surface area contributed by atoms with Crippen LogP contribution in [0.5, 0.6) is 5.88 Å². The first-order chi connectivity index (χ1) is 9.28. The van der Waals surface area contributed by atoms with Crippen LogP contribution in [0.3, 0.4) is 0 Å². The lowest BCUT2D eigenvalue weighted by Crippen LogP contribution is -2.31. The number of nitrogens with two attached hydrogens (primary N) is 1. The summed E-state index contributed by atoms with van der Waals surface area (Å²) in [6, 6.07) is 3.83. The summed E-state index contributed by atoms with van der Waals surface area (Å²) < 4.78 is 5.74. The van der Waals surface area contributed by atoms with E-state index >= 15 is 0 Å². The van der Waals surface area contributed by atoms with Gasteiger partial charge in [0.05, 0.1) is 6.54 Å². The van der Waals surface area contributed by atoms with Crippen molar-refractivity contribution in [1.82, 2.24) is 10.3 Å². The maximum atomic E-state index is 5.74. The first-order valence-electron chi connectivity index (χ1n) is 6.54. The molecule has 0 amide bonds. The second kappa shape index (κ2) is 6.78. The van der Waals surface area contributed by atoms with E-state index < -0.39 is 0 Å². The highest BCUT2D eigenvalue weighted by Crippen LogP contribution is 2.24. The number of ether oxygens (including phenoxy) is 1. The molecule has 5 heteroatoms. The number of rotatable bonds is 6. The Morgan fingerprint density at radius 2 is 2.47 bits per heavy atom. The van der Waals surface area contributed by atoms with Crippen molar-refractivity contribution in [2.75, 3.05) is 6.54 Å². The van der Waals surface area contributed by atoms with Gasteiger partial charge in [-0.25, -0.2) is 9.98 Å². The minimum atomic E-state index is 0.338. The molecule has 19 heavy (non-hydrogen) atoms. The van der Waals surface area contributed by atoms with Gasteiger partial charge < -0.3 is 15.8 Å². The molecule has 0 radical (unpaired) electrons. The van der Waals surface area contributed by atoms with Gasteiger partial charge in [0.1, 0.15) is 6.10 Å². The van der Waals surface area contributed by atoms with E-state index in [0.29, 0.717) is 31.0 Å². The zero-order chi connectivity index (χ0) is 13.5. The third kappa shape index (κ3) is 4.28. The van der Waals surface area contributed by atoms with E-state index in [2.05, 4.69) is 21.9 Å². The average molecular weight is 260 g/mol. The number of hydrogen-bond acceptors (Lipinski definition) is 3. The molecular formula is C14H20N4O. The van der Waals surface area contributed by atoms with Crippen LogP contribution in [0, 0.1) is 0 Å². The number of guanidine groups is 1. The lowest BCUT2D eigenvalue weighted by molar-refractivity contribution is 0.114. The average Bonchev–Trinajstić information content (AvgIpc) is 2.39. The van der Waals surface area contributed by atoms with Gasteiger partial charge in [0.15, 0.2) is 5.96 Å². The van der Waals surface area contributed by atoms with Gasteiger partial charge in [-0.1, -0.05) is 6.08 Å². The molecule has 0 aromatic carbocycles. The van der Waals surface area contributed by atoms with Crippen molar-refractivity contribution in [1.29, 1.82) is 0 Å². The molecule has 1 aliphatic carbocycles. The number of aliphatic imine (C=N–C) groups is 1. The predicted octanol–water partition coefficient (Wildman–Crippen LogP) is 1.60. The molecular weight excluding hydrogens is 240 g/mol. The Labute approximate surface area is 113 Å². The lowest BCUT2D eigenvalue weighted by atomic mass is 9.96. The fraction of sp³-hybridized carbons (Fsp3) is 0.429. The summed E-state index contributed by atoms with van der Waals surface area (Å²) in [6.45, 7) is 4.73. The Kier molecular flexibility index (Phi) is 4.78. The van der Waals surface area contributed by atoms with Crippen LogP contribution in [0.25, 0.3) is 0 Å². The Morgan fingerprint density at radius 3 is 3.16 bits per heavy atom. The second-order valence-corrected chi connectivity index (χ2v) is 4.54. The lowest BCUT2D eigenvalue weighted by Gasteiger charge is -2.25. The quantitative estimate of drug-likeness (QED) is 0.463. The predicted molar refractivity (Wildman–Crippen MR) is 76.0 cm³/mol. The van der Waals surface area contributed by atoms with E-state index in [1.165, 1.54) is 6.42 Å². The molecule has 1 heterocycles. The normalized spacial score (nSPS) is 15.7. The van der Waals surface area contributed by atoms with Crippen molar-refractivity contribution in [2.24, 2.45) is 10.7 Å². The van der Waals surface area contributed by atoms with Crippen molar-refractivity contribution in [3.8, 4) is 5.88 Å². The van der Waals surface area contributed by atoms with E-state index in [-0.39, 0.29) is 0 Å². The molecule has 0 aliphatic heterocycles. The third-order valence-electron chi connectivity index (χ3n) is 3.00.